The first-order chi connectivity index (χ1) is 8.05. The van der Waals surface area contributed by atoms with Crippen molar-refractivity contribution >= 4 is 5.91 Å². The molecule has 3 heteroatoms. The smallest absolute Gasteiger partial charge is 0.229 e. The van der Waals surface area contributed by atoms with Crippen LogP contribution in [0.2, 0.25) is 0 Å². The van der Waals surface area contributed by atoms with Gasteiger partial charge in [0.15, 0.2) is 0 Å². The van der Waals surface area contributed by atoms with E-state index in [2.05, 4.69) is 26.1 Å². The van der Waals surface area contributed by atoms with Gasteiger partial charge in [0.25, 0.3) is 0 Å². The predicted octanol–water partition coefficient (Wildman–Crippen LogP) is 2.27. The van der Waals surface area contributed by atoms with Gasteiger partial charge in [0, 0.05) is 20.1 Å². The molecule has 0 aromatic rings. The molecule has 0 aromatic heterocycles. The quantitative estimate of drug-likeness (QED) is 0.799. The summed E-state index contributed by atoms with van der Waals surface area (Å²) < 4.78 is 0. The highest BCUT2D eigenvalue weighted by Gasteiger charge is 2.39. The molecule has 3 nitrogen and oxygen atoms in total. The lowest BCUT2D eigenvalue weighted by atomic mass is 9.77. The zero-order valence-electron chi connectivity index (χ0n) is 11.9. The van der Waals surface area contributed by atoms with Crippen molar-refractivity contribution in [2.45, 2.75) is 46.5 Å². The SMILES string of the molecule is CCC(C)CN(C)C(=O)C1(CC)CCCNC1. The zero-order chi connectivity index (χ0) is 12.9. The molecule has 0 saturated carbocycles. The first kappa shape index (κ1) is 14.5. The van der Waals surface area contributed by atoms with Crippen molar-refractivity contribution < 1.29 is 4.79 Å². The molecule has 17 heavy (non-hydrogen) atoms. The van der Waals surface area contributed by atoms with Crippen LogP contribution in [0.15, 0.2) is 0 Å². The van der Waals surface area contributed by atoms with Gasteiger partial charge in [-0.3, -0.25) is 4.79 Å². The molecule has 0 aliphatic carbocycles. The molecule has 0 radical (unpaired) electrons. The van der Waals surface area contributed by atoms with E-state index in [1.807, 2.05) is 11.9 Å². The molecule has 1 amide bonds. The normalized spacial score (nSPS) is 26.6. The van der Waals surface area contributed by atoms with Crippen molar-refractivity contribution in [1.82, 2.24) is 10.2 Å². The van der Waals surface area contributed by atoms with Gasteiger partial charge in [-0.15, -0.1) is 0 Å². The Morgan fingerprint density at radius 2 is 2.18 bits per heavy atom. The molecule has 1 aliphatic heterocycles. The van der Waals surface area contributed by atoms with Crippen LogP contribution in [0.5, 0.6) is 0 Å². The Kier molecular flexibility index (Phi) is 5.44. The third-order valence-corrected chi connectivity index (χ3v) is 4.23. The van der Waals surface area contributed by atoms with Crippen LogP contribution in [0, 0.1) is 11.3 Å². The van der Waals surface area contributed by atoms with Gasteiger partial charge < -0.3 is 10.2 Å². The number of rotatable bonds is 5. The molecule has 1 saturated heterocycles. The molecule has 0 spiro atoms. The Labute approximate surface area is 106 Å². The topological polar surface area (TPSA) is 32.3 Å². The number of hydrogen-bond acceptors (Lipinski definition) is 2. The largest absolute Gasteiger partial charge is 0.345 e. The predicted molar refractivity (Wildman–Crippen MR) is 71.9 cm³/mol. The Balaban J connectivity index is 2.64. The zero-order valence-corrected chi connectivity index (χ0v) is 11.9. The summed E-state index contributed by atoms with van der Waals surface area (Å²) in [6.45, 7) is 9.33. The second kappa shape index (κ2) is 6.39. The number of piperidine rings is 1. The van der Waals surface area contributed by atoms with Gasteiger partial charge in [-0.05, 0) is 31.7 Å². The Morgan fingerprint density at radius 1 is 1.47 bits per heavy atom. The molecule has 1 aliphatic rings. The van der Waals surface area contributed by atoms with E-state index in [0.29, 0.717) is 11.8 Å². The summed E-state index contributed by atoms with van der Waals surface area (Å²) in [4.78, 5) is 14.5. The minimum absolute atomic E-state index is 0.138. The van der Waals surface area contributed by atoms with Gasteiger partial charge >= 0.3 is 0 Å². The van der Waals surface area contributed by atoms with Gasteiger partial charge in [0.05, 0.1) is 5.41 Å². The summed E-state index contributed by atoms with van der Waals surface area (Å²) >= 11 is 0. The molecule has 2 atom stereocenters. The van der Waals surface area contributed by atoms with Crippen molar-refractivity contribution in [2.24, 2.45) is 11.3 Å². The van der Waals surface area contributed by atoms with Crippen LogP contribution in [-0.2, 0) is 4.79 Å². The molecule has 100 valence electrons. The Morgan fingerprint density at radius 3 is 2.65 bits per heavy atom. The molecule has 1 N–H and O–H groups in total. The van der Waals surface area contributed by atoms with E-state index in [4.69, 9.17) is 0 Å². The van der Waals surface area contributed by atoms with Crippen molar-refractivity contribution in [3.05, 3.63) is 0 Å². The van der Waals surface area contributed by atoms with Crippen molar-refractivity contribution in [1.29, 1.82) is 0 Å². The number of nitrogens with zero attached hydrogens (tertiary/aromatic N) is 1. The first-order valence-electron chi connectivity index (χ1n) is 7.02. The summed E-state index contributed by atoms with van der Waals surface area (Å²) in [5.74, 6) is 0.932. The molecular formula is C14H28N2O. The van der Waals surface area contributed by atoms with Crippen molar-refractivity contribution in [2.75, 3.05) is 26.7 Å². The van der Waals surface area contributed by atoms with Crippen LogP contribution in [0.4, 0.5) is 0 Å². The summed E-state index contributed by atoms with van der Waals surface area (Å²) in [6, 6.07) is 0. The molecule has 2 unspecified atom stereocenters. The van der Waals surface area contributed by atoms with Crippen LogP contribution < -0.4 is 5.32 Å². The fourth-order valence-electron chi connectivity index (χ4n) is 2.69. The standard InChI is InChI=1S/C14H28N2O/c1-5-12(3)10-16(4)13(17)14(6-2)8-7-9-15-11-14/h12,15H,5-11H2,1-4H3. The average molecular weight is 240 g/mol. The van der Waals surface area contributed by atoms with Gasteiger partial charge in [0.2, 0.25) is 5.91 Å². The lowest BCUT2D eigenvalue weighted by Crippen LogP contribution is -2.51. The molecule has 0 aromatic carbocycles. The summed E-state index contributed by atoms with van der Waals surface area (Å²) in [6.07, 6.45) is 4.25. The number of carbonyl (C=O) groups is 1. The second-order valence-electron chi connectivity index (χ2n) is 5.61. The van der Waals surface area contributed by atoms with E-state index < -0.39 is 0 Å². The molecule has 1 heterocycles. The van der Waals surface area contributed by atoms with Crippen molar-refractivity contribution in [3.63, 3.8) is 0 Å². The maximum atomic E-state index is 12.6. The van der Waals surface area contributed by atoms with Crippen LogP contribution in [0.25, 0.3) is 0 Å². The third-order valence-electron chi connectivity index (χ3n) is 4.23. The highest BCUT2D eigenvalue weighted by atomic mass is 16.2. The third kappa shape index (κ3) is 3.44. The van der Waals surface area contributed by atoms with E-state index in [-0.39, 0.29) is 5.41 Å². The van der Waals surface area contributed by atoms with Gasteiger partial charge in [-0.25, -0.2) is 0 Å². The highest BCUT2D eigenvalue weighted by molar-refractivity contribution is 5.82. The number of hydrogen-bond donors (Lipinski definition) is 1. The van der Waals surface area contributed by atoms with Gasteiger partial charge in [0.1, 0.15) is 0 Å². The number of carbonyl (C=O) groups excluding carboxylic acids is 1. The number of amides is 1. The monoisotopic (exact) mass is 240 g/mol. The van der Waals surface area contributed by atoms with Gasteiger partial charge in [-0.1, -0.05) is 27.2 Å². The van der Waals surface area contributed by atoms with Crippen LogP contribution in [0.3, 0.4) is 0 Å². The molecular weight excluding hydrogens is 212 g/mol. The van der Waals surface area contributed by atoms with Crippen LogP contribution >= 0.6 is 0 Å². The second-order valence-corrected chi connectivity index (χ2v) is 5.61. The van der Waals surface area contributed by atoms with E-state index >= 15 is 0 Å². The summed E-state index contributed by atoms with van der Waals surface area (Å²) in [5.41, 5.74) is -0.138. The lowest BCUT2D eigenvalue weighted by molar-refractivity contribution is -0.142. The molecule has 1 fully saturated rings. The molecule has 1 rings (SSSR count). The van der Waals surface area contributed by atoms with Crippen LogP contribution in [0.1, 0.15) is 46.5 Å². The number of nitrogens with one attached hydrogen (secondary N) is 1. The summed E-state index contributed by atoms with van der Waals surface area (Å²) in [7, 11) is 1.96. The van der Waals surface area contributed by atoms with Gasteiger partial charge in [-0.2, -0.15) is 0 Å². The van der Waals surface area contributed by atoms with E-state index in [0.717, 1.165) is 45.3 Å². The fourth-order valence-corrected chi connectivity index (χ4v) is 2.69. The first-order valence-corrected chi connectivity index (χ1v) is 7.02. The lowest BCUT2D eigenvalue weighted by Gasteiger charge is -2.39. The summed E-state index contributed by atoms with van der Waals surface area (Å²) in [5, 5.41) is 3.38. The van der Waals surface area contributed by atoms with E-state index in [1.165, 1.54) is 0 Å². The minimum atomic E-state index is -0.138. The highest BCUT2D eigenvalue weighted by Crippen LogP contribution is 2.32. The van der Waals surface area contributed by atoms with Crippen molar-refractivity contribution in [3.8, 4) is 0 Å². The Bertz CT molecular complexity index is 247. The molecule has 0 bridgehead atoms. The maximum absolute atomic E-state index is 12.6. The maximum Gasteiger partial charge on any atom is 0.229 e. The minimum Gasteiger partial charge on any atom is -0.345 e. The van der Waals surface area contributed by atoms with E-state index in [9.17, 15) is 4.79 Å². The average Bonchev–Trinajstić information content (AvgIpc) is 2.38. The Hall–Kier alpha value is -0.570. The fraction of sp³-hybridized carbons (Fsp3) is 0.929. The van der Waals surface area contributed by atoms with E-state index in [1.54, 1.807) is 0 Å². The van der Waals surface area contributed by atoms with Crippen LogP contribution in [-0.4, -0.2) is 37.5 Å².